The SMILES string of the molecule is CCCN(CC)Cc1ccc(C(=O)NCCC(=O)O)cc1. The Morgan fingerprint density at radius 1 is 1.19 bits per heavy atom. The van der Waals surface area contributed by atoms with Crippen LogP contribution in [0.25, 0.3) is 0 Å². The summed E-state index contributed by atoms with van der Waals surface area (Å²) in [5, 5.41) is 11.1. The van der Waals surface area contributed by atoms with Gasteiger partial charge in [0.15, 0.2) is 0 Å². The third-order valence-electron chi connectivity index (χ3n) is 3.23. The Hall–Kier alpha value is -1.88. The molecule has 0 heterocycles. The van der Waals surface area contributed by atoms with Gasteiger partial charge in [-0.05, 0) is 37.2 Å². The van der Waals surface area contributed by atoms with Crippen molar-refractivity contribution < 1.29 is 14.7 Å². The van der Waals surface area contributed by atoms with Gasteiger partial charge in [0.1, 0.15) is 0 Å². The zero-order valence-corrected chi connectivity index (χ0v) is 12.8. The first kappa shape index (κ1) is 17.2. The van der Waals surface area contributed by atoms with Crippen LogP contribution in [0.15, 0.2) is 24.3 Å². The number of amides is 1. The van der Waals surface area contributed by atoms with Gasteiger partial charge < -0.3 is 10.4 Å². The summed E-state index contributed by atoms with van der Waals surface area (Å²) in [5.74, 6) is -1.15. The Bertz CT molecular complexity index is 457. The summed E-state index contributed by atoms with van der Waals surface area (Å²) in [7, 11) is 0. The van der Waals surface area contributed by atoms with E-state index in [1.807, 2.05) is 12.1 Å². The van der Waals surface area contributed by atoms with Crippen molar-refractivity contribution in [3.05, 3.63) is 35.4 Å². The number of nitrogens with zero attached hydrogens (tertiary/aromatic N) is 1. The highest BCUT2D eigenvalue weighted by Gasteiger charge is 2.07. The van der Waals surface area contributed by atoms with E-state index in [2.05, 4.69) is 24.1 Å². The van der Waals surface area contributed by atoms with Crippen molar-refractivity contribution in [3.8, 4) is 0 Å². The molecule has 116 valence electrons. The largest absolute Gasteiger partial charge is 0.481 e. The van der Waals surface area contributed by atoms with Crippen molar-refractivity contribution >= 4 is 11.9 Å². The smallest absolute Gasteiger partial charge is 0.305 e. The standard InChI is InChI=1S/C16H24N2O3/c1-3-11-18(4-2)12-13-5-7-14(8-6-13)16(21)17-10-9-15(19)20/h5-8H,3-4,9-12H2,1-2H3,(H,17,21)(H,19,20). The molecule has 1 aromatic carbocycles. The predicted octanol–water partition coefficient (Wildman–Crippen LogP) is 2.12. The van der Waals surface area contributed by atoms with E-state index in [-0.39, 0.29) is 18.9 Å². The topological polar surface area (TPSA) is 69.6 Å². The lowest BCUT2D eigenvalue weighted by atomic mass is 10.1. The van der Waals surface area contributed by atoms with E-state index >= 15 is 0 Å². The van der Waals surface area contributed by atoms with E-state index in [1.165, 1.54) is 5.56 Å². The summed E-state index contributed by atoms with van der Waals surface area (Å²) in [6.07, 6.45) is 1.06. The quantitative estimate of drug-likeness (QED) is 0.731. The third-order valence-corrected chi connectivity index (χ3v) is 3.23. The zero-order chi connectivity index (χ0) is 15.7. The molecule has 0 bridgehead atoms. The Morgan fingerprint density at radius 2 is 1.86 bits per heavy atom. The van der Waals surface area contributed by atoms with Crippen LogP contribution in [0.2, 0.25) is 0 Å². The molecule has 0 unspecified atom stereocenters. The van der Waals surface area contributed by atoms with Gasteiger partial charge in [-0.3, -0.25) is 14.5 Å². The lowest BCUT2D eigenvalue weighted by molar-refractivity contribution is -0.136. The number of nitrogens with one attached hydrogen (secondary N) is 1. The number of carboxylic acid groups (broad SMARTS) is 1. The molecular weight excluding hydrogens is 268 g/mol. The fourth-order valence-corrected chi connectivity index (χ4v) is 2.07. The second-order valence-electron chi connectivity index (χ2n) is 4.97. The molecule has 0 fully saturated rings. The lowest BCUT2D eigenvalue weighted by Crippen LogP contribution is -2.26. The lowest BCUT2D eigenvalue weighted by Gasteiger charge is -2.19. The van der Waals surface area contributed by atoms with Gasteiger partial charge in [0.2, 0.25) is 0 Å². The maximum atomic E-state index is 11.8. The molecule has 0 aromatic heterocycles. The molecule has 1 amide bonds. The third kappa shape index (κ3) is 6.40. The van der Waals surface area contributed by atoms with E-state index in [1.54, 1.807) is 12.1 Å². The van der Waals surface area contributed by atoms with Gasteiger partial charge in [-0.1, -0.05) is 26.0 Å². The minimum absolute atomic E-state index is 0.0632. The first-order chi connectivity index (χ1) is 10.1. The molecule has 21 heavy (non-hydrogen) atoms. The molecule has 0 aliphatic carbocycles. The molecule has 0 aliphatic rings. The highest BCUT2D eigenvalue weighted by atomic mass is 16.4. The van der Waals surface area contributed by atoms with Crippen LogP contribution in [-0.2, 0) is 11.3 Å². The van der Waals surface area contributed by atoms with Crippen LogP contribution in [-0.4, -0.2) is 41.5 Å². The van der Waals surface area contributed by atoms with Gasteiger partial charge in [-0.15, -0.1) is 0 Å². The number of benzene rings is 1. The number of carboxylic acids is 1. The van der Waals surface area contributed by atoms with Crippen molar-refractivity contribution in [2.75, 3.05) is 19.6 Å². The van der Waals surface area contributed by atoms with Crippen LogP contribution >= 0.6 is 0 Å². The Kier molecular flexibility index (Phi) is 7.46. The summed E-state index contributed by atoms with van der Waals surface area (Å²) < 4.78 is 0. The fourth-order valence-electron chi connectivity index (χ4n) is 2.07. The highest BCUT2D eigenvalue weighted by molar-refractivity contribution is 5.94. The molecule has 2 N–H and O–H groups in total. The summed E-state index contributed by atoms with van der Waals surface area (Å²) in [5.41, 5.74) is 1.73. The molecular formula is C16H24N2O3. The van der Waals surface area contributed by atoms with Crippen molar-refractivity contribution in [2.45, 2.75) is 33.2 Å². The number of carbonyl (C=O) groups excluding carboxylic acids is 1. The monoisotopic (exact) mass is 292 g/mol. The summed E-state index contributed by atoms with van der Waals surface area (Å²) >= 11 is 0. The Balaban J connectivity index is 2.52. The molecule has 0 spiro atoms. The van der Waals surface area contributed by atoms with Gasteiger partial charge in [-0.25, -0.2) is 0 Å². The van der Waals surface area contributed by atoms with Gasteiger partial charge in [-0.2, -0.15) is 0 Å². The van der Waals surface area contributed by atoms with Gasteiger partial charge >= 0.3 is 5.97 Å². The van der Waals surface area contributed by atoms with Gasteiger partial charge in [0, 0.05) is 18.7 Å². The van der Waals surface area contributed by atoms with E-state index in [4.69, 9.17) is 5.11 Å². The molecule has 0 saturated carbocycles. The molecule has 5 nitrogen and oxygen atoms in total. The van der Waals surface area contributed by atoms with E-state index < -0.39 is 5.97 Å². The normalized spacial score (nSPS) is 10.6. The Labute approximate surface area is 126 Å². The maximum absolute atomic E-state index is 11.8. The molecule has 0 aliphatic heterocycles. The van der Waals surface area contributed by atoms with Crippen molar-refractivity contribution in [3.63, 3.8) is 0 Å². The van der Waals surface area contributed by atoms with Crippen LogP contribution < -0.4 is 5.32 Å². The first-order valence-electron chi connectivity index (χ1n) is 7.38. The number of aliphatic carboxylic acids is 1. The van der Waals surface area contributed by atoms with Gasteiger partial charge in [0.05, 0.1) is 6.42 Å². The zero-order valence-electron chi connectivity index (χ0n) is 12.8. The molecule has 1 rings (SSSR count). The highest BCUT2D eigenvalue weighted by Crippen LogP contribution is 2.08. The minimum atomic E-state index is -0.916. The minimum Gasteiger partial charge on any atom is -0.481 e. The number of carbonyl (C=O) groups is 2. The Morgan fingerprint density at radius 3 is 2.38 bits per heavy atom. The second-order valence-corrected chi connectivity index (χ2v) is 4.97. The van der Waals surface area contributed by atoms with Crippen molar-refractivity contribution in [1.29, 1.82) is 0 Å². The van der Waals surface area contributed by atoms with Crippen LogP contribution in [0.1, 0.15) is 42.6 Å². The van der Waals surface area contributed by atoms with Crippen LogP contribution in [0.5, 0.6) is 0 Å². The molecule has 1 aromatic rings. The molecule has 0 atom stereocenters. The predicted molar refractivity (Wildman–Crippen MR) is 82.3 cm³/mol. The number of hydrogen-bond acceptors (Lipinski definition) is 3. The first-order valence-corrected chi connectivity index (χ1v) is 7.38. The second kappa shape index (κ2) is 9.13. The van der Waals surface area contributed by atoms with Gasteiger partial charge in [0.25, 0.3) is 5.91 Å². The van der Waals surface area contributed by atoms with Crippen molar-refractivity contribution in [1.82, 2.24) is 10.2 Å². The summed E-state index contributed by atoms with van der Waals surface area (Å²) in [4.78, 5) is 24.5. The molecule has 0 radical (unpaired) electrons. The average Bonchev–Trinajstić information content (AvgIpc) is 2.47. The van der Waals surface area contributed by atoms with Crippen LogP contribution in [0.4, 0.5) is 0 Å². The summed E-state index contributed by atoms with van der Waals surface area (Å²) in [6.45, 7) is 7.40. The average molecular weight is 292 g/mol. The maximum Gasteiger partial charge on any atom is 0.305 e. The van der Waals surface area contributed by atoms with Crippen LogP contribution in [0.3, 0.4) is 0 Å². The van der Waals surface area contributed by atoms with E-state index in [0.29, 0.717) is 5.56 Å². The number of rotatable bonds is 9. The fraction of sp³-hybridized carbons (Fsp3) is 0.500. The van der Waals surface area contributed by atoms with Crippen LogP contribution in [0, 0.1) is 0 Å². The molecule has 5 heteroatoms. The summed E-state index contributed by atoms with van der Waals surface area (Å²) in [6, 6.07) is 7.46. The number of hydrogen-bond donors (Lipinski definition) is 2. The van der Waals surface area contributed by atoms with E-state index in [9.17, 15) is 9.59 Å². The molecule has 0 saturated heterocycles. The van der Waals surface area contributed by atoms with E-state index in [0.717, 1.165) is 26.1 Å². The van der Waals surface area contributed by atoms with Crippen molar-refractivity contribution in [2.24, 2.45) is 0 Å².